The van der Waals surface area contributed by atoms with Gasteiger partial charge in [0.1, 0.15) is 11.5 Å². The fourth-order valence-electron chi connectivity index (χ4n) is 1.19. The van der Waals surface area contributed by atoms with Crippen molar-refractivity contribution in [2.24, 2.45) is 0 Å². The number of benzene rings is 1. The van der Waals surface area contributed by atoms with Gasteiger partial charge in [0.05, 0.1) is 11.6 Å². The van der Waals surface area contributed by atoms with E-state index in [1.54, 1.807) is 37.4 Å². The average Bonchev–Trinajstić information content (AvgIpc) is 2.32. The number of hydrogen-bond acceptors (Lipinski definition) is 4. The number of methoxy groups -OCH3 is 1. The zero-order valence-electron chi connectivity index (χ0n) is 8.85. The molecule has 0 unspecified atom stereocenters. The van der Waals surface area contributed by atoms with E-state index in [0.717, 1.165) is 10.2 Å². The first kappa shape index (κ1) is 12.1. The van der Waals surface area contributed by atoms with Crippen LogP contribution in [0.4, 0.5) is 0 Å². The van der Waals surface area contributed by atoms with E-state index in [2.05, 4.69) is 26.1 Å². The van der Waals surface area contributed by atoms with Crippen LogP contribution in [-0.4, -0.2) is 17.3 Å². The average molecular weight is 316 g/mol. The summed E-state index contributed by atoms with van der Waals surface area (Å²) in [7, 11) is 1.60. The van der Waals surface area contributed by atoms with Crippen LogP contribution in [0.5, 0.6) is 17.4 Å². The molecule has 0 amide bonds. The molecule has 0 fully saturated rings. The molecule has 0 radical (unpaired) electrons. The summed E-state index contributed by atoms with van der Waals surface area (Å²) in [6, 6.07) is 8.62. The van der Waals surface area contributed by atoms with Gasteiger partial charge in [-0.25, -0.2) is 0 Å². The van der Waals surface area contributed by atoms with Crippen LogP contribution in [0.2, 0.25) is 5.15 Å². The molecular weight excluding hydrogens is 307 g/mol. The molecule has 0 aliphatic rings. The quantitative estimate of drug-likeness (QED) is 0.866. The van der Waals surface area contributed by atoms with Crippen LogP contribution in [-0.2, 0) is 0 Å². The van der Waals surface area contributed by atoms with Gasteiger partial charge < -0.3 is 9.47 Å². The summed E-state index contributed by atoms with van der Waals surface area (Å²) in [5, 5.41) is 7.81. The minimum Gasteiger partial charge on any atom is -0.496 e. The highest BCUT2D eigenvalue weighted by Crippen LogP contribution is 2.30. The van der Waals surface area contributed by atoms with Crippen LogP contribution in [0.1, 0.15) is 0 Å². The maximum Gasteiger partial charge on any atom is 0.238 e. The monoisotopic (exact) mass is 314 g/mol. The highest BCUT2D eigenvalue weighted by atomic mass is 79.9. The van der Waals surface area contributed by atoms with E-state index < -0.39 is 0 Å². The van der Waals surface area contributed by atoms with Gasteiger partial charge in [0.15, 0.2) is 5.15 Å². The summed E-state index contributed by atoms with van der Waals surface area (Å²) in [4.78, 5) is 0. The van der Waals surface area contributed by atoms with E-state index in [4.69, 9.17) is 21.1 Å². The SMILES string of the molecule is COc1ccc(Oc2ccc(Cl)nn2)cc1Br. The molecule has 0 spiro atoms. The van der Waals surface area contributed by atoms with Crippen molar-refractivity contribution in [2.75, 3.05) is 7.11 Å². The van der Waals surface area contributed by atoms with E-state index in [-0.39, 0.29) is 0 Å². The van der Waals surface area contributed by atoms with Crippen molar-refractivity contribution >= 4 is 27.5 Å². The van der Waals surface area contributed by atoms with Crippen LogP contribution in [0.3, 0.4) is 0 Å². The van der Waals surface area contributed by atoms with Gasteiger partial charge in [-0.2, -0.15) is 0 Å². The second kappa shape index (κ2) is 5.33. The van der Waals surface area contributed by atoms with Crippen molar-refractivity contribution in [3.63, 3.8) is 0 Å². The molecule has 0 atom stereocenters. The van der Waals surface area contributed by atoms with Gasteiger partial charge in [-0.1, -0.05) is 11.6 Å². The number of hydrogen-bond donors (Lipinski definition) is 0. The van der Waals surface area contributed by atoms with Crippen LogP contribution < -0.4 is 9.47 Å². The Morgan fingerprint density at radius 3 is 2.59 bits per heavy atom. The van der Waals surface area contributed by atoms with Gasteiger partial charge in [-0.05, 0) is 40.2 Å². The second-order valence-electron chi connectivity index (χ2n) is 3.09. The molecule has 0 aliphatic carbocycles. The smallest absolute Gasteiger partial charge is 0.238 e. The predicted molar refractivity (Wildman–Crippen MR) is 67.8 cm³/mol. The maximum atomic E-state index is 5.63. The Labute approximate surface area is 112 Å². The minimum atomic E-state index is 0.327. The zero-order chi connectivity index (χ0) is 12.3. The molecule has 1 aromatic heterocycles. The molecule has 88 valence electrons. The molecule has 0 aliphatic heterocycles. The van der Waals surface area contributed by atoms with Crippen LogP contribution in [0.25, 0.3) is 0 Å². The Kier molecular flexibility index (Phi) is 3.81. The molecule has 17 heavy (non-hydrogen) atoms. The summed E-state index contributed by atoms with van der Waals surface area (Å²) < 4.78 is 11.4. The topological polar surface area (TPSA) is 44.2 Å². The van der Waals surface area contributed by atoms with Gasteiger partial charge in [0.25, 0.3) is 0 Å². The van der Waals surface area contributed by atoms with Crippen molar-refractivity contribution in [2.45, 2.75) is 0 Å². The van der Waals surface area contributed by atoms with E-state index >= 15 is 0 Å². The van der Waals surface area contributed by atoms with E-state index in [1.807, 2.05) is 0 Å². The highest BCUT2D eigenvalue weighted by Gasteiger charge is 2.04. The standard InChI is InChI=1S/C11H8BrClN2O2/c1-16-9-3-2-7(6-8(9)12)17-11-5-4-10(13)14-15-11/h2-6H,1H3. The minimum absolute atomic E-state index is 0.327. The van der Waals surface area contributed by atoms with Crippen LogP contribution in [0, 0.1) is 0 Å². The molecule has 1 heterocycles. The Hall–Kier alpha value is -1.33. The molecular formula is C11H8BrClN2O2. The van der Waals surface area contributed by atoms with Crippen molar-refractivity contribution in [3.05, 3.63) is 40.0 Å². The van der Waals surface area contributed by atoms with E-state index in [9.17, 15) is 0 Å². The molecule has 0 saturated carbocycles. The third kappa shape index (κ3) is 3.08. The molecule has 2 rings (SSSR count). The Bertz CT molecular complexity index is 519. The number of nitrogens with zero attached hydrogens (tertiary/aromatic N) is 2. The van der Waals surface area contributed by atoms with Crippen LogP contribution in [0.15, 0.2) is 34.8 Å². The summed E-state index contributed by atoms with van der Waals surface area (Å²) in [5.41, 5.74) is 0. The first-order chi connectivity index (χ1) is 8.19. The number of aromatic nitrogens is 2. The molecule has 4 nitrogen and oxygen atoms in total. The molecule has 0 saturated heterocycles. The number of rotatable bonds is 3. The summed E-state index contributed by atoms with van der Waals surface area (Å²) in [6.07, 6.45) is 0. The molecule has 1 aromatic carbocycles. The first-order valence-electron chi connectivity index (χ1n) is 4.69. The number of ether oxygens (including phenoxy) is 2. The highest BCUT2D eigenvalue weighted by molar-refractivity contribution is 9.10. The van der Waals surface area contributed by atoms with Crippen molar-refractivity contribution in [1.82, 2.24) is 10.2 Å². The van der Waals surface area contributed by atoms with Gasteiger partial charge in [0, 0.05) is 6.07 Å². The molecule has 2 aromatic rings. The normalized spacial score (nSPS) is 10.1. The largest absolute Gasteiger partial charge is 0.496 e. The first-order valence-corrected chi connectivity index (χ1v) is 5.87. The lowest BCUT2D eigenvalue weighted by atomic mass is 10.3. The predicted octanol–water partition coefficient (Wildman–Crippen LogP) is 3.69. The lowest BCUT2D eigenvalue weighted by Crippen LogP contribution is -1.91. The molecule has 0 N–H and O–H groups in total. The van der Waals surface area contributed by atoms with Crippen molar-refractivity contribution in [1.29, 1.82) is 0 Å². The Balaban J connectivity index is 2.19. The third-order valence-corrected chi connectivity index (χ3v) is 2.77. The Morgan fingerprint density at radius 2 is 2.00 bits per heavy atom. The van der Waals surface area contributed by atoms with Crippen molar-refractivity contribution in [3.8, 4) is 17.4 Å². The summed E-state index contributed by atoms with van der Waals surface area (Å²) >= 11 is 9.00. The molecule has 0 bridgehead atoms. The summed E-state index contributed by atoms with van der Waals surface area (Å²) in [5.74, 6) is 1.75. The zero-order valence-corrected chi connectivity index (χ0v) is 11.2. The fourth-order valence-corrected chi connectivity index (χ4v) is 1.81. The lowest BCUT2D eigenvalue weighted by Gasteiger charge is -2.07. The second-order valence-corrected chi connectivity index (χ2v) is 4.33. The fraction of sp³-hybridized carbons (Fsp3) is 0.0909. The Morgan fingerprint density at radius 1 is 1.18 bits per heavy atom. The summed E-state index contributed by atoms with van der Waals surface area (Å²) in [6.45, 7) is 0. The third-order valence-electron chi connectivity index (χ3n) is 1.95. The lowest BCUT2D eigenvalue weighted by molar-refractivity contribution is 0.409. The number of halogens is 2. The van der Waals surface area contributed by atoms with E-state index in [0.29, 0.717) is 16.8 Å². The van der Waals surface area contributed by atoms with Gasteiger partial charge in [-0.15, -0.1) is 10.2 Å². The van der Waals surface area contributed by atoms with Gasteiger partial charge in [0.2, 0.25) is 5.88 Å². The van der Waals surface area contributed by atoms with Crippen LogP contribution >= 0.6 is 27.5 Å². The maximum absolute atomic E-state index is 5.63. The van der Waals surface area contributed by atoms with Crippen molar-refractivity contribution < 1.29 is 9.47 Å². The van der Waals surface area contributed by atoms with E-state index in [1.165, 1.54) is 0 Å². The van der Waals surface area contributed by atoms with Gasteiger partial charge in [-0.3, -0.25) is 0 Å². The molecule has 6 heteroatoms. The van der Waals surface area contributed by atoms with Gasteiger partial charge >= 0.3 is 0 Å².